The van der Waals surface area contributed by atoms with Crippen molar-refractivity contribution < 1.29 is 24.2 Å². The summed E-state index contributed by atoms with van der Waals surface area (Å²) in [5.41, 5.74) is -1.34. The number of aliphatic hydroxyl groups excluding tert-OH is 1. The van der Waals surface area contributed by atoms with E-state index in [2.05, 4.69) is 17.6 Å². The number of nitrogens with zero attached hydrogens (tertiary/aromatic N) is 1. The second-order valence-electron chi connectivity index (χ2n) is 12.3. The Labute approximate surface area is 220 Å². The van der Waals surface area contributed by atoms with Crippen molar-refractivity contribution in [3.63, 3.8) is 0 Å². The predicted molar refractivity (Wildman–Crippen MR) is 140 cm³/mol. The van der Waals surface area contributed by atoms with Gasteiger partial charge in [0.1, 0.15) is 11.6 Å². The lowest BCUT2D eigenvalue weighted by molar-refractivity contribution is -0.148. The van der Waals surface area contributed by atoms with Gasteiger partial charge < -0.3 is 25.4 Å². The van der Waals surface area contributed by atoms with Crippen molar-refractivity contribution in [2.45, 2.75) is 96.1 Å². The molecule has 0 aromatic heterocycles. The van der Waals surface area contributed by atoms with Gasteiger partial charge in [-0.1, -0.05) is 50.1 Å². The highest BCUT2D eigenvalue weighted by Gasteiger charge is 2.79. The zero-order chi connectivity index (χ0) is 27.0. The van der Waals surface area contributed by atoms with Crippen molar-refractivity contribution in [1.82, 2.24) is 15.5 Å². The van der Waals surface area contributed by atoms with E-state index in [1.54, 1.807) is 4.90 Å². The fourth-order valence-electron chi connectivity index (χ4n) is 6.76. The number of carbonyl (C=O) groups is 3. The summed E-state index contributed by atoms with van der Waals surface area (Å²) in [7, 11) is 0. The smallest absolute Gasteiger partial charge is 0.246 e. The summed E-state index contributed by atoms with van der Waals surface area (Å²) in [6, 6.07) is 8.92. The van der Waals surface area contributed by atoms with Crippen LogP contribution in [0.2, 0.25) is 0 Å². The van der Waals surface area contributed by atoms with Gasteiger partial charge in [-0.25, -0.2) is 0 Å². The molecular formula is C29H43N3O5. The third-order valence-electron chi connectivity index (χ3n) is 8.46. The number of nitrogens with one attached hydrogen (secondary N) is 2. The molecule has 3 fully saturated rings. The van der Waals surface area contributed by atoms with Crippen molar-refractivity contribution in [3.8, 4) is 0 Å². The number of aliphatic hydroxyl groups is 1. The first-order chi connectivity index (χ1) is 17.4. The quantitative estimate of drug-likeness (QED) is 0.417. The molecule has 2 bridgehead atoms. The first-order valence-corrected chi connectivity index (χ1v) is 13.7. The van der Waals surface area contributed by atoms with Gasteiger partial charge in [0.05, 0.1) is 17.4 Å². The van der Waals surface area contributed by atoms with Gasteiger partial charge in [-0.05, 0) is 58.4 Å². The lowest BCUT2D eigenvalue weighted by atomic mass is 9.62. The predicted octanol–water partition coefficient (Wildman–Crippen LogP) is 2.78. The number of fused-ring (bicyclic) bond motifs is 1. The Morgan fingerprint density at radius 3 is 2.43 bits per heavy atom. The van der Waals surface area contributed by atoms with Gasteiger partial charge in [-0.15, -0.1) is 0 Å². The molecule has 8 nitrogen and oxygen atoms in total. The van der Waals surface area contributed by atoms with Gasteiger partial charge in [0, 0.05) is 25.2 Å². The summed E-state index contributed by atoms with van der Waals surface area (Å²) in [4.78, 5) is 43.2. The van der Waals surface area contributed by atoms with Crippen molar-refractivity contribution in [3.05, 3.63) is 35.9 Å². The van der Waals surface area contributed by atoms with Crippen molar-refractivity contribution in [2.75, 3.05) is 13.2 Å². The molecule has 3 heterocycles. The number of benzene rings is 1. The molecule has 1 spiro atoms. The molecule has 3 N–H and O–H groups in total. The molecule has 1 aromatic carbocycles. The lowest BCUT2D eigenvalue weighted by Gasteiger charge is -2.37. The number of hydrogen-bond donors (Lipinski definition) is 3. The zero-order valence-electron chi connectivity index (χ0n) is 22.9. The number of rotatable bonds is 10. The van der Waals surface area contributed by atoms with E-state index in [1.165, 1.54) is 0 Å². The van der Waals surface area contributed by atoms with Gasteiger partial charge in [0.25, 0.3) is 0 Å². The van der Waals surface area contributed by atoms with Crippen LogP contribution in [0.25, 0.3) is 0 Å². The Balaban J connectivity index is 1.63. The van der Waals surface area contributed by atoms with Crippen LogP contribution in [0.1, 0.15) is 72.3 Å². The van der Waals surface area contributed by atoms with E-state index in [9.17, 15) is 14.4 Å². The number of likely N-dealkylation sites (tertiary alicyclic amines) is 1. The van der Waals surface area contributed by atoms with Gasteiger partial charge in [0.15, 0.2) is 0 Å². The molecule has 3 amide bonds. The van der Waals surface area contributed by atoms with Crippen molar-refractivity contribution >= 4 is 17.7 Å². The molecule has 3 aliphatic heterocycles. The first-order valence-electron chi connectivity index (χ1n) is 13.7. The number of hydrogen-bond acceptors (Lipinski definition) is 5. The van der Waals surface area contributed by atoms with Gasteiger partial charge in [-0.3, -0.25) is 14.4 Å². The minimum absolute atomic E-state index is 0.0125. The van der Waals surface area contributed by atoms with Crippen LogP contribution in [0.3, 0.4) is 0 Å². The van der Waals surface area contributed by atoms with Gasteiger partial charge in [-0.2, -0.15) is 0 Å². The van der Waals surface area contributed by atoms with E-state index in [0.717, 1.165) is 31.2 Å². The Hall–Kier alpha value is -2.45. The van der Waals surface area contributed by atoms with Crippen molar-refractivity contribution in [2.24, 2.45) is 17.8 Å². The summed E-state index contributed by atoms with van der Waals surface area (Å²) in [6.07, 6.45) is 3.72. The Kier molecular flexibility index (Phi) is 7.73. The summed E-state index contributed by atoms with van der Waals surface area (Å²) in [5, 5.41) is 15.2. The third kappa shape index (κ3) is 5.02. The van der Waals surface area contributed by atoms with Crippen molar-refractivity contribution in [1.29, 1.82) is 0 Å². The van der Waals surface area contributed by atoms with E-state index in [4.69, 9.17) is 9.84 Å². The van der Waals surface area contributed by atoms with Crippen LogP contribution < -0.4 is 10.6 Å². The number of unbranched alkanes of at least 4 members (excludes halogenated alkanes) is 3. The number of amides is 3. The van der Waals surface area contributed by atoms with Crippen LogP contribution in [0, 0.1) is 17.8 Å². The van der Waals surface area contributed by atoms with E-state index in [0.29, 0.717) is 19.5 Å². The highest BCUT2D eigenvalue weighted by atomic mass is 16.5. The van der Waals surface area contributed by atoms with Crippen LogP contribution in [0.15, 0.2) is 30.3 Å². The maximum atomic E-state index is 14.1. The highest BCUT2D eigenvalue weighted by molar-refractivity contribution is 5.99. The molecule has 4 rings (SSSR count). The Bertz CT molecular complexity index is 1010. The molecule has 0 saturated carbocycles. The van der Waals surface area contributed by atoms with E-state index >= 15 is 0 Å². The summed E-state index contributed by atoms with van der Waals surface area (Å²) < 4.78 is 6.75. The normalized spacial score (nSPS) is 32.5. The molecule has 3 saturated heterocycles. The minimum atomic E-state index is -1.03. The standard InChI is InChI=1S/C29H43N3O5/c1-19-17-29-22(21(28(19,5)37-29)24(34)30-18-20-13-9-8-10-14-20)26(36)32(15-11-6-7-12-16-33)23(29)25(35)31-27(2,3)4/h8-10,13-14,19,21-23,33H,6-7,11-12,15-18H2,1-5H3,(H,30,34)(H,31,35)/t19?,21-,22-,23?,28+,29?/m0/s1. The average molecular weight is 514 g/mol. The van der Waals surface area contributed by atoms with E-state index in [1.807, 2.05) is 58.0 Å². The zero-order valence-corrected chi connectivity index (χ0v) is 22.9. The molecular weight excluding hydrogens is 470 g/mol. The number of carbonyl (C=O) groups excluding carboxylic acids is 3. The maximum absolute atomic E-state index is 14.1. The second-order valence-corrected chi connectivity index (χ2v) is 12.3. The molecule has 3 aliphatic rings. The Morgan fingerprint density at radius 1 is 1.11 bits per heavy atom. The molecule has 0 aliphatic carbocycles. The molecule has 37 heavy (non-hydrogen) atoms. The first kappa shape index (κ1) is 27.6. The SMILES string of the molecule is CC1CC23O[C@@]1(C)[C@H](C(=O)NCc1ccccc1)[C@H]2C(=O)N(CCCCCCO)C3C(=O)NC(C)(C)C. The Morgan fingerprint density at radius 2 is 1.78 bits per heavy atom. The summed E-state index contributed by atoms with van der Waals surface area (Å²) in [6.45, 7) is 10.7. The molecule has 6 atom stereocenters. The van der Waals surface area contributed by atoms with E-state index in [-0.39, 0.29) is 30.2 Å². The van der Waals surface area contributed by atoms with E-state index < -0.39 is 34.6 Å². The molecule has 204 valence electrons. The topological polar surface area (TPSA) is 108 Å². The fraction of sp³-hybridized carbons (Fsp3) is 0.690. The molecule has 1 aromatic rings. The van der Waals surface area contributed by atoms with Crippen LogP contribution >= 0.6 is 0 Å². The van der Waals surface area contributed by atoms with Crippen LogP contribution in [-0.4, -0.2) is 63.7 Å². The lowest BCUT2D eigenvalue weighted by Crippen LogP contribution is -2.58. The van der Waals surface area contributed by atoms with Gasteiger partial charge in [0.2, 0.25) is 17.7 Å². The summed E-state index contributed by atoms with van der Waals surface area (Å²) >= 11 is 0. The van der Waals surface area contributed by atoms with Crippen LogP contribution in [0.5, 0.6) is 0 Å². The monoisotopic (exact) mass is 513 g/mol. The molecule has 3 unspecified atom stereocenters. The molecule has 8 heteroatoms. The summed E-state index contributed by atoms with van der Waals surface area (Å²) in [5.74, 6) is -1.93. The number of ether oxygens (including phenoxy) is 1. The maximum Gasteiger partial charge on any atom is 0.246 e. The second kappa shape index (κ2) is 10.4. The molecule has 0 radical (unpaired) electrons. The average Bonchev–Trinajstić information content (AvgIpc) is 3.33. The highest BCUT2D eigenvalue weighted by Crippen LogP contribution is 2.65. The minimum Gasteiger partial charge on any atom is -0.396 e. The van der Waals surface area contributed by atoms with Gasteiger partial charge >= 0.3 is 0 Å². The third-order valence-corrected chi connectivity index (χ3v) is 8.46. The van der Waals surface area contributed by atoms with Crippen LogP contribution in [-0.2, 0) is 25.7 Å². The fourth-order valence-corrected chi connectivity index (χ4v) is 6.76. The largest absolute Gasteiger partial charge is 0.396 e. The van der Waals surface area contributed by atoms with Crippen LogP contribution in [0.4, 0.5) is 0 Å².